The fourth-order valence-electron chi connectivity index (χ4n) is 2.20. The van der Waals surface area contributed by atoms with E-state index in [1.54, 1.807) is 0 Å². The summed E-state index contributed by atoms with van der Waals surface area (Å²) in [5.41, 5.74) is 0. The van der Waals surface area contributed by atoms with E-state index in [1.165, 1.54) is 32.6 Å². The smallest absolute Gasteiger partial charge is 0.325 e. The van der Waals surface area contributed by atoms with E-state index >= 15 is 0 Å². The predicted octanol–water partition coefficient (Wildman–Crippen LogP) is 1.73. The molecule has 0 heterocycles. The molecule has 1 fully saturated rings. The highest BCUT2D eigenvalue weighted by atomic mass is 16.4. The van der Waals surface area contributed by atoms with Crippen LogP contribution >= 0.6 is 0 Å². The maximum absolute atomic E-state index is 11.3. The second kappa shape index (κ2) is 7.14. The fraction of sp³-hybridized carbons (Fsp3) is 0.833. The number of hydrogen-bond acceptors (Lipinski definition) is 2. The lowest BCUT2D eigenvalue weighted by Crippen LogP contribution is -2.44. The van der Waals surface area contributed by atoms with Crippen LogP contribution in [0.15, 0.2) is 0 Å². The normalized spacial score (nSPS) is 17.7. The van der Waals surface area contributed by atoms with Crippen molar-refractivity contribution >= 4 is 12.0 Å². The van der Waals surface area contributed by atoms with Gasteiger partial charge in [-0.1, -0.05) is 25.7 Å². The van der Waals surface area contributed by atoms with E-state index in [1.807, 2.05) is 0 Å². The van der Waals surface area contributed by atoms with Crippen molar-refractivity contribution in [2.24, 2.45) is 5.92 Å². The summed E-state index contributed by atoms with van der Waals surface area (Å²) in [6.45, 7) is 2.06. The quantitative estimate of drug-likeness (QED) is 0.621. The van der Waals surface area contributed by atoms with E-state index in [-0.39, 0.29) is 0 Å². The molecule has 5 nitrogen and oxygen atoms in total. The van der Waals surface area contributed by atoms with Crippen molar-refractivity contribution in [1.29, 1.82) is 0 Å². The molecule has 0 bridgehead atoms. The van der Waals surface area contributed by atoms with Crippen molar-refractivity contribution in [3.05, 3.63) is 0 Å². The molecule has 1 rings (SSSR count). The Hall–Kier alpha value is -1.26. The highest BCUT2D eigenvalue weighted by Gasteiger charge is 2.15. The number of carboxylic acid groups (broad SMARTS) is 1. The third kappa shape index (κ3) is 5.56. The minimum absolute atomic E-state index is 0.397. The molecule has 1 atom stereocenters. The van der Waals surface area contributed by atoms with Gasteiger partial charge in [0.05, 0.1) is 0 Å². The van der Waals surface area contributed by atoms with Gasteiger partial charge < -0.3 is 15.7 Å². The topological polar surface area (TPSA) is 78.4 Å². The largest absolute Gasteiger partial charge is 0.480 e. The molecular formula is C12H22N2O3. The van der Waals surface area contributed by atoms with Crippen molar-refractivity contribution in [1.82, 2.24) is 10.6 Å². The molecule has 0 aromatic heterocycles. The van der Waals surface area contributed by atoms with Crippen LogP contribution in [0, 0.1) is 5.92 Å². The average Bonchev–Trinajstić information content (AvgIpc) is 2.77. The van der Waals surface area contributed by atoms with Crippen LogP contribution < -0.4 is 10.6 Å². The van der Waals surface area contributed by atoms with E-state index in [0.29, 0.717) is 6.54 Å². The zero-order chi connectivity index (χ0) is 12.7. The van der Waals surface area contributed by atoms with Gasteiger partial charge in [0, 0.05) is 6.54 Å². The van der Waals surface area contributed by atoms with E-state index in [4.69, 9.17) is 5.11 Å². The zero-order valence-corrected chi connectivity index (χ0v) is 10.4. The van der Waals surface area contributed by atoms with Gasteiger partial charge in [0.1, 0.15) is 6.04 Å². The molecule has 5 heteroatoms. The number of carbonyl (C=O) groups excluding carboxylic acids is 1. The molecule has 0 aromatic rings. The molecule has 0 saturated heterocycles. The third-order valence-corrected chi connectivity index (χ3v) is 3.27. The summed E-state index contributed by atoms with van der Waals surface area (Å²) in [5, 5.41) is 13.6. The van der Waals surface area contributed by atoms with Gasteiger partial charge in [0.2, 0.25) is 0 Å². The van der Waals surface area contributed by atoms with Gasteiger partial charge in [0.25, 0.3) is 0 Å². The van der Waals surface area contributed by atoms with Crippen LogP contribution in [0.1, 0.15) is 45.4 Å². The lowest BCUT2D eigenvalue weighted by molar-refractivity contribution is -0.138. The zero-order valence-electron chi connectivity index (χ0n) is 10.4. The Bertz CT molecular complexity index is 262. The standard InChI is InChI=1S/C12H22N2O3/c1-9(11(15)16)14-12(17)13-8-4-7-10-5-2-3-6-10/h9-10H,2-8H2,1H3,(H,15,16)(H2,13,14,17)/t9-/m0/s1. The Morgan fingerprint density at radius 2 is 2.00 bits per heavy atom. The van der Waals surface area contributed by atoms with Crippen LogP contribution in [0.4, 0.5) is 4.79 Å². The van der Waals surface area contributed by atoms with Gasteiger partial charge in [-0.15, -0.1) is 0 Å². The number of urea groups is 1. The van der Waals surface area contributed by atoms with Crippen LogP contribution in [0.25, 0.3) is 0 Å². The molecule has 0 unspecified atom stereocenters. The van der Waals surface area contributed by atoms with Crippen molar-refractivity contribution in [2.75, 3.05) is 6.54 Å². The third-order valence-electron chi connectivity index (χ3n) is 3.27. The molecule has 98 valence electrons. The second-order valence-corrected chi connectivity index (χ2v) is 4.75. The number of hydrogen-bond donors (Lipinski definition) is 3. The Kier molecular flexibility index (Phi) is 5.80. The molecule has 17 heavy (non-hydrogen) atoms. The van der Waals surface area contributed by atoms with Crippen molar-refractivity contribution in [3.63, 3.8) is 0 Å². The van der Waals surface area contributed by atoms with Gasteiger partial charge >= 0.3 is 12.0 Å². The minimum Gasteiger partial charge on any atom is -0.480 e. The van der Waals surface area contributed by atoms with Crippen LogP contribution in [0.5, 0.6) is 0 Å². The summed E-state index contributed by atoms with van der Waals surface area (Å²) in [5.74, 6) is -0.191. The Morgan fingerprint density at radius 3 is 2.59 bits per heavy atom. The first-order valence-corrected chi connectivity index (χ1v) is 6.36. The summed E-state index contributed by atoms with van der Waals surface area (Å²) in [6.07, 6.45) is 7.46. The lowest BCUT2D eigenvalue weighted by atomic mass is 10.0. The Morgan fingerprint density at radius 1 is 1.35 bits per heavy atom. The summed E-state index contributed by atoms with van der Waals surface area (Å²) in [6, 6.07) is -1.24. The predicted molar refractivity (Wildman–Crippen MR) is 64.8 cm³/mol. The summed E-state index contributed by atoms with van der Waals surface area (Å²) < 4.78 is 0. The average molecular weight is 242 g/mol. The van der Waals surface area contributed by atoms with E-state index in [2.05, 4.69) is 10.6 Å². The summed E-state index contributed by atoms with van der Waals surface area (Å²) in [7, 11) is 0. The number of nitrogens with one attached hydrogen (secondary N) is 2. The van der Waals surface area contributed by atoms with Crippen molar-refractivity contribution < 1.29 is 14.7 Å². The van der Waals surface area contributed by atoms with Crippen LogP contribution in [0.3, 0.4) is 0 Å². The molecule has 1 aliphatic rings. The maximum Gasteiger partial charge on any atom is 0.325 e. The Balaban J connectivity index is 2.01. The molecule has 1 aliphatic carbocycles. The van der Waals surface area contributed by atoms with Crippen LogP contribution in [-0.2, 0) is 4.79 Å². The summed E-state index contributed by atoms with van der Waals surface area (Å²) in [4.78, 5) is 21.8. The second-order valence-electron chi connectivity index (χ2n) is 4.75. The first-order chi connectivity index (χ1) is 8.09. The first-order valence-electron chi connectivity index (χ1n) is 6.36. The summed E-state index contributed by atoms with van der Waals surface area (Å²) >= 11 is 0. The molecular weight excluding hydrogens is 220 g/mol. The molecule has 1 saturated carbocycles. The van der Waals surface area contributed by atoms with Gasteiger partial charge in [-0.3, -0.25) is 4.79 Å². The van der Waals surface area contributed by atoms with E-state index < -0.39 is 18.0 Å². The molecule has 0 aliphatic heterocycles. The highest BCUT2D eigenvalue weighted by molar-refractivity contribution is 5.82. The number of amides is 2. The van der Waals surface area contributed by atoms with Crippen LogP contribution in [-0.4, -0.2) is 29.7 Å². The molecule has 0 aromatic carbocycles. The maximum atomic E-state index is 11.3. The monoisotopic (exact) mass is 242 g/mol. The van der Waals surface area contributed by atoms with Crippen LogP contribution in [0.2, 0.25) is 0 Å². The van der Waals surface area contributed by atoms with E-state index in [9.17, 15) is 9.59 Å². The SMILES string of the molecule is C[C@H](NC(=O)NCCCC1CCCC1)C(=O)O. The Labute approximate surface area is 102 Å². The van der Waals surface area contributed by atoms with Gasteiger partial charge in [-0.25, -0.2) is 4.79 Å². The van der Waals surface area contributed by atoms with Gasteiger partial charge in [0.15, 0.2) is 0 Å². The molecule has 0 spiro atoms. The number of aliphatic carboxylic acids is 1. The molecule has 3 N–H and O–H groups in total. The van der Waals surface area contributed by atoms with Crippen molar-refractivity contribution in [3.8, 4) is 0 Å². The van der Waals surface area contributed by atoms with Gasteiger partial charge in [-0.05, 0) is 25.7 Å². The first kappa shape index (κ1) is 13.8. The number of rotatable bonds is 6. The fourth-order valence-corrected chi connectivity index (χ4v) is 2.20. The van der Waals surface area contributed by atoms with Gasteiger partial charge in [-0.2, -0.15) is 0 Å². The van der Waals surface area contributed by atoms with E-state index in [0.717, 1.165) is 18.8 Å². The number of carbonyl (C=O) groups is 2. The number of carboxylic acids is 1. The molecule has 2 amide bonds. The highest BCUT2D eigenvalue weighted by Crippen LogP contribution is 2.28. The minimum atomic E-state index is -1.02. The van der Waals surface area contributed by atoms with Crippen molar-refractivity contribution in [2.45, 2.75) is 51.5 Å². The molecule has 0 radical (unpaired) electrons. The lowest BCUT2D eigenvalue weighted by Gasteiger charge is -2.12.